The zero-order valence-electron chi connectivity index (χ0n) is 18.2. The maximum absolute atomic E-state index is 13.4. The van der Waals surface area contributed by atoms with E-state index in [1.165, 1.54) is 15.8 Å². The van der Waals surface area contributed by atoms with E-state index < -0.39 is 6.09 Å². The molecule has 1 saturated carbocycles. The largest absolute Gasteiger partial charge is 0.488 e. The summed E-state index contributed by atoms with van der Waals surface area (Å²) in [6.07, 6.45) is 2.83. The predicted molar refractivity (Wildman–Crippen MR) is 121 cm³/mol. The third-order valence-electron chi connectivity index (χ3n) is 6.09. The zero-order valence-corrected chi connectivity index (χ0v) is 18.2. The highest BCUT2D eigenvalue weighted by Crippen LogP contribution is 2.23. The fourth-order valence-corrected chi connectivity index (χ4v) is 4.04. The van der Waals surface area contributed by atoms with Gasteiger partial charge in [0.25, 0.3) is 11.5 Å². The van der Waals surface area contributed by atoms with Gasteiger partial charge in [-0.3, -0.25) is 14.2 Å². The highest BCUT2D eigenvalue weighted by Gasteiger charge is 2.27. The maximum Gasteiger partial charge on any atom is 0.407 e. The molecule has 1 aliphatic carbocycles. The van der Waals surface area contributed by atoms with Gasteiger partial charge in [-0.2, -0.15) is 0 Å². The van der Waals surface area contributed by atoms with Crippen LogP contribution in [0.1, 0.15) is 35.2 Å². The van der Waals surface area contributed by atoms with E-state index in [9.17, 15) is 14.4 Å². The van der Waals surface area contributed by atoms with Crippen molar-refractivity contribution < 1.29 is 19.4 Å². The quantitative estimate of drug-likeness (QED) is 0.620. The molecule has 33 heavy (non-hydrogen) atoms. The van der Waals surface area contributed by atoms with Crippen molar-refractivity contribution in [1.29, 1.82) is 0 Å². The van der Waals surface area contributed by atoms with Crippen LogP contribution in [0.25, 0.3) is 16.6 Å². The Morgan fingerprint density at radius 3 is 2.70 bits per heavy atom. The normalized spacial score (nSPS) is 17.8. The Balaban J connectivity index is 1.46. The van der Waals surface area contributed by atoms with Crippen LogP contribution in [0.4, 0.5) is 4.79 Å². The lowest BCUT2D eigenvalue weighted by atomic mass is 10.1. The third kappa shape index (κ3) is 4.26. The number of carboxylic acid groups (broad SMARTS) is 1. The molecule has 2 aromatic carbocycles. The summed E-state index contributed by atoms with van der Waals surface area (Å²) in [6, 6.07) is 10.6. The van der Waals surface area contributed by atoms with E-state index in [1.54, 1.807) is 30.3 Å². The summed E-state index contributed by atoms with van der Waals surface area (Å²) in [7, 11) is 0. The van der Waals surface area contributed by atoms with E-state index in [4.69, 9.17) is 9.84 Å². The van der Waals surface area contributed by atoms with Gasteiger partial charge in [0.1, 0.15) is 18.2 Å². The van der Waals surface area contributed by atoms with E-state index in [1.807, 2.05) is 13.0 Å². The van der Waals surface area contributed by atoms with E-state index in [-0.39, 0.29) is 23.6 Å². The molecular formula is C24H24N4O5. The van der Waals surface area contributed by atoms with Crippen LogP contribution in [0, 0.1) is 6.92 Å². The molecule has 1 saturated heterocycles. The number of carbonyl (C=O) groups excluding carboxylic acids is 1. The van der Waals surface area contributed by atoms with Crippen molar-refractivity contribution >= 4 is 22.9 Å². The van der Waals surface area contributed by atoms with Crippen molar-refractivity contribution in [1.82, 2.24) is 19.8 Å². The van der Waals surface area contributed by atoms with Crippen LogP contribution in [0.2, 0.25) is 0 Å². The zero-order chi connectivity index (χ0) is 23.1. The number of nitrogens with zero attached hydrogens (tertiary/aromatic N) is 3. The molecule has 1 aliphatic heterocycles. The second kappa shape index (κ2) is 8.23. The van der Waals surface area contributed by atoms with Gasteiger partial charge in [-0.15, -0.1) is 0 Å². The topological polar surface area (TPSA) is 114 Å². The monoisotopic (exact) mass is 448 g/mol. The standard InChI is InChI=1S/C24H24N4O5/c1-14-2-3-15(22(29)26-16-4-5-16)10-21(14)28-13-25-20-7-6-17(11-19(20)23(28)30)33-18-8-9-27(12-18)24(31)32/h2-3,6-7,10-11,13,16,18H,4-5,8-9,12H2,1H3,(H,26,29)(H,31,32)/t18-/m0/s1. The molecule has 2 amide bonds. The summed E-state index contributed by atoms with van der Waals surface area (Å²) < 4.78 is 7.39. The first-order valence-electron chi connectivity index (χ1n) is 11.0. The van der Waals surface area contributed by atoms with E-state index >= 15 is 0 Å². The number of ether oxygens (including phenoxy) is 1. The van der Waals surface area contributed by atoms with Gasteiger partial charge in [0.2, 0.25) is 0 Å². The number of fused-ring (bicyclic) bond motifs is 1. The first-order valence-corrected chi connectivity index (χ1v) is 11.0. The van der Waals surface area contributed by atoms with Crippen molar-refractivity contribution in [3.63, 3.8) is 0 Å². The van der Waals surface area contributed by atoms with Crippen LogP contribution in [-0.4, -0.2) is 56.8 Å². The van der Waals surface area contributed by atoms with E-state index in [2.05, 4.69) is 10.3 Å². The molecule has 5 rings (SSSR count). The summed E-state index contributed by atoms with van der Waals surface area (Å²) >= 11 is 0. The van der Waals surface area contributed by atoms with Gasteiger partial charge in [-0.25, -0.2) is 9.78 Å². The number of nitrogens with one attached hydrogen (secondary N) is 1. The van der Waals surface area contributed by atoms with Gasteiger partial charge in [0.05, 0.1) is 23.1 Å². The highest BCUT2D eigenvalue weighted by molar-refractivity contribution is 5.95. The lowest BCUT2D eigenvalue weighted by molar-refractivity contribution is 0.0951. The Morgan fingerprint density at radius 2 is 1.97 bits per heavy atom. The molecule has 1 atom stereocenters. The van der Waals surface area contributed by atoms with Crippen LogP contribution < -0.4 is 15.6 Å². The molecule has 2 N–H and O–H groups in total. The molecule has 2 fully saturated rings. The molecule has 3 aromatic rings. The molecule has 1 aromatic heterocycles. The van der Waals surface area contributed by atoms with E-state index in [0.717, 1.165) is 18.4 Å². The number of rotatable bonds is 5. The molecule has 0 bridgehead atoms. The van der Waals surface area contributed by atoms with Gasteiger partial charge in [0, 0.05) is 24.6 Å². The van der Waals surface area contributed by atoms with Crippen molar-refractivity contribution in [3.05, 3.63) is 64.2 Å². The van der Waals surface area contributed by atoms with Crippen molar-refractivity contribution in [2.45, 2.75) is 38.3 Å². The van der Waals surface area contributed by atoms with Crippen LogP contribution in [0.15, 0.2) is 47.5 Å². The van der Waals surface area contributed by atoms with Crippen LogP contribution in [0.3, 0.4) is 0 Å². The Kier molecular flexibility index (Phi) is 5.24. The smallest absolute Gasteiger partial charge is 0.407 e. The Hall–Kier alpha value is -3.88. The Labute approximate surface area is 189 Å². The van der Waals surface area contributed by atoms with Gasteiger partial charge in [-0.05, 0) is 55.7 Å². The fourth-order valence-electron chi connectivity index (χ4n) is 4.04. The highest BCUT2D eigenvalue weighted by atomic mass is 16.5. The molecule has 170 valence electrons. The van der Waals surface area contributed by atoms with Crippen molar-refractivity contribution in [2.24, 2.45) is 0 Å². The SMILES string of the molecule is Cc1ccc(C(=O)NC2CC2)cc1-n1cnc2ccc(O[C@H]3CCN(C(=O)O)C3)cc2c1=O. The molecule has 0 unspecified atom stereocenters. The predicted octanol–water partition coefficient (Wildman–Crippen LogP) is 2.72. The number of hydrogen-bond donors (Lipinski definition) is 2. The summed E-state index contributed by atoms with van der Waals surface area (Å²) in [4.78, 5) is 42.7. The average molecular weight is 448 g/mol. The maximum atomic E-state index is 13.4. The number of carbonyl (C=O) groups is 2. The first-order chi connectivity index (χ1) is 15.9. The van der Waals surface area contributed by atoms with Crippen LogP contribution in [-0.2, 0) is 0 Å². The minimum absolute atomic E-state index is 0.150. The molecule has 2 heterocycles. The first kappa shape index (κ1) is 21.0. The number of aryl methyl sites for hydroxylation is 1. The average Bonchev–Trinajstić information content (AvgIpc) is 3.48. The van der Waals surface area contributed by atoms with Crippen molar-refractivity contribution in [2.75, 3.05) is 13.1 Å². The summed E-state index contributed by atoms with van der Waals surface area (Å²) in [6.45, 7) is 2.59. The lowest BCUT2D eigenvalue weighted by Crippen LogP contribution is -2.29. The lowest BCUT2D eigenvalue weighted by Gasteiger charge is -2.15. The molecule has 2 aliphatic rings. The van der Waals surface area contributed by atoms with Gasteiger partial charge in [0.15, 0.2) is 0 Å². The van der Waals surface area contributed by atoms with Gasteiger partial charge >= 0.3 is 6.09 Å². The number of amides is 2. The van der Waals surface area contributed by atoms with Crippen LogP contribution in [0.5, 0.6) is 5.75 Å². The number of benzene rings is 2. The second-order valence-corrected chi connectivity index (χ2v) is 8.60. The fraction of sp³-hybridized carbons (Fsp3) is 0.333. The summed E-state index contributed by atoms with van der Waals surface area (Å²) in [5, 5.41) is 12.5. The third-order valence-corrected chi connectivity index (χ3v) is 6.09. The second-order valence-electron chi connectivity index (χ2n) is 8.60. The van der Waals surface area contributed by atoms with Crippen LogP contribution >= 0.6 is 0 Å². The number of hydrogen-bond acceptors (Lipinski definition) is 5. The molecule has 9 nitrogen and oxygen atoms in total. The Morgan fingerprint density at radius 1 is 1.15 bits per heavy atom. The summed E-state index contributed by atoms with van der Waals surface area (Å²) in [5.41, 5.74) is 2.19. The summed E-state index contributed by atoms with van der Waals surface area (Å²) in [5.74, 6) is 0.342. The molecule has 9 heteroatoms. The molecule has 0 radical (unpaired) electrons. The Bertz CT molecular complexity index is 1310. The van der Waals surface area contributed by atoms with Crippen molar-refractivity contribution in [3.8, 4) is 11.4 Å². The molecule has 0 spiro atoms. The van der Waals surface area contributed by atoms with E-state index in [0.29, 0.717) is 47.4 Å². The van der Waals surface area contributed by atoms with Gasteiger partial charge < -0.3 is 20.1 Å². The minimum atomic E-state index is -0.963. The number of aromatic nitrogens is 2. The molecular weight excluding hydrogens is 424 g/mol. The number of likely N-dealkylation sites (tertiary alicyclic amines) is 1. The minimum Gasteiger partial charge on any atom is -0.488 e. The van der Waals surface area contributed by atoms with Gasteiger partial charge in [-0.1, -0.05) is 6.07 Å².